The molecule has 0 radical (unpaired) electrons. The Kier molecular flexibility index (Phi) is 2.40. The highest BCUT2D eigenvalue weighted by atomic mass is 35.5. The summed E-state index contributed by atoms with van der Waals surface area (Å²) in [5.41, 5.74) is 6.43. The van der Waals surface area contributed by atoms with Gasteiger partial charge >= 0.3 is 0 Å². The number of nitrogens with two attached hydrogens (primary N) is 1. The van der Waals surface area contributed by atoms with Gasteiger partial charge < -0.3 is 5.73 Å². The molecule has 4 nitrogen and oxygen atoms in total. The zero-order valence-electron chi connectivity index (χ0n) is 8.07. The molecule has 2 rings (SSSR count). The van der Waals surface area contributed by atoms with Gasteiger partial charge in [0.2, 0.25) is 0 Å². The molecule has 0 aliphatic heterocycles. The van der Waals surface area contributed by atoms with Crippen molar-refractivity contribution in [3.63, 3.8) is 0 Å². The molecule has 15 heavy (non-hydrogen) atoms. The lowest BCUT2D eigenvalue weighted by Gasteiger charge is -2.08. The van der Waals surface area contributed by atoms with Gasteiger partial charge in [-0.3, -0.25) is 10.1 Å². The zero-order valence-corrected chi connectivity index (χ0v) is 8.83. The number of nitro benzene ring substituents is 1. The Hall–Kier alpha value is -1.13. The minimum Gasteiger partial charge on any atom is -0.325 e. The average molecular weight is 227 g/mol. The largest absolute Gasteiger partial charge is 0.325 e. The number of halogens is 1. The van der Waals surface area contributed by atoms with Crippen molar-refractivity contribution in [1.82, 2.24) is 0 Å². The molecule has 1 saturated carbocycles. The Morgan fingerprint density at radius 2 is 2.20 bits per heavy atom. The molecule has 0 atom stereocenters. The number of nitrogens with zero attached hydrogens (tertiary/aromatic N) is 1. The molecule has 2 N–H and O–H groups in total. The lowest BCUT2D eigenvalue weighted by Crippen LogP contribution is -2.24. The molecule has 0 saturated heterocycles. The van der Waals surface area contributed by atoms with E-state index in [1.165, 1.54) is 12.1 Å². The Bertz CT molecular complexity index is 416. The summed E-state index contributed by atoms with van der Waals surface area (Å²) in [6.07, 6.45) is 2.39. The smallest absolute Gasteiger partial charge is 0.272 e. The van der Waals surface area contributed by atoms with Crippen molar-refractivity contribution >= 4 is 17.3 Å². The number of benzene rings is 1. The summed E-state index contributed by atoms with van der Waals surface area (Å²) < 4.78 is 0. The Morgan fingerprint density at radius 1 is 1.53 bits per heavy atom. The Morgan fingerprint density at radius 3 is 2.73 bits per heavy atom. The highest BCUT2D eigenvalue weighted by Crippen LogP contribution is 2.38. The first kappa shape index (κ1) is 10.4. The summed E-state index contributed by atoms with van der Waals surface area (Å²) in [6.45, 7) is 0. The molecule has 5 heteroatoms. The van der Waals surface area contributed by atoms with Gasteiger partial charge in [-0.15, -0.1) is 0 Å². The third kappa shape index (κ3) is 2.27. The summed E-state index contributed by atoms with van der Waals surface area (Å²) in [6, 6.07) is 4.59. The highest BCUT2D eigenvalue weighted by molar-refractivity contribution is 6.30. The van der Waals surface area contributed by atoms with Crippen LogP contribution in [0.3, 0.4) is 0 Å². The number of rotatable bonds is 3. The molecule has 1 aromatic carbocycles. The summed E-state index contributed by atoms with van der Waals surface area (Å²) in [5, 5.41) is 11.3. The van der Waals surface area contributed by atoms with Crippen molar-refractivity contribution in [2.45, 2.75) is 24.8 Å². The second kappa shape index (κ2) is 3.47. The van der Waals surface area contributed by atoms with E-state index in [0.717, 1.165) is 12.8 Å². The molecule has 80 valence electrons. The first-order valence-corrected chi connectivity index (χ1v) is 5.10. The molecule has 0 heterocycles. The van der Waals surface area contributed by atoms with Crippen molar-refractivity contribution in [3.8, 4) is 0 Å². The van der Waals surface area contributed by atoms with E-state index in [-0.39, 0.29) is 11.2 Å². The van der Waals surface area contributed by atoms with Gasteiger partial charge in [0.25, 0.3) is 5.69 Å². The van der Waals surface area contributed by atoms with E-state index < -0.39 is 4.92 Å². The van der Waals surface area contributed by atoms with Crippen LogP contribution in [0, 0.1) is 10.1 Å². The van der Waals surface area contributed by atoms with E-state index in [2.05, 4.69) is 0 Å². The number of nitro groups is 1. The van der Waals surface area contributed by atoms with E-state index in [0.29, 0.717) is 17.0 Å². The zero-order chi connectivity index (χ0) is 11.1. The third-order valence-corrected chi connectivity index (χ3v) is 2.91. The predicted molar refractivity (Wildman–Crippen MR) is 58.0 cm³/mol. The minimum absolute atomic E-state index is 0.108. The van der Waals surface area contributed by atoms with E-state index >= 15 is 0 Å². The number of hydrogen-bond acceptors (Lipinski definition) is 3. The first-order chi connectivity index (χ1) is 7.00. The van der Waals surface area contributed by atoms with Crippen molar-refractivity contribution in [2.75, 3.05) is 0 Å². The lowest BCUT2D eigenvalue weighted by atomic mass is 10.0. The van der Waals surface area contributed by atoms with Gasteiger partial charge in [-0.05, 0) is 31.4 Å². The van der Waals surface area contributed by atoms with Gasteiger partial charge in [-0.25, -0.2) is 0 Å². The van der Waals surface area contributed by atoms with Crippen molar-refractivity contribution in [3.05, 3.63) is 38.9 Å². The minimum atomic E-state index is -0.391. The van der Waals surface area contributed by atoms with Crippen molar-refractivity contribution in [2.24, 2.45) is 5.73 Å². The molecule has 1 fully saturated rings. The monoisotopic (exact) mass is 226 g/mol. The van der Waals surface area contributed by atoms with Crippen LogP contribution in [0.5, 0.6) is 0 Å². The van der Waals surface area contributed by atoms with Crippen LogP contribution < -0.4 is 5.73 Å². The van der Waals surface area contributed by atoms with Crippen LogP contribution in [-0.2, 0) is 6.42 Å². The lowest BCUT2D eigenvalue weighted by molar-refractivity contribution is -0.385. The van der Waals surface area contributed by atoms with E-state index in [4.69, 9.17) is 17.3 Å². The van der Waals surface area contributed by atoms with Crippen LogP contribution in [-0.4, -0.2) is 10.5 Å². The van der Waals surface area contributed by atoms with Gasteiger partial charge in [0.1, 0.15) is 0 Å². The van der Waals surface area contributed by atoms with Crippen LogP contribution in [0.4, 0.5) is 5.69 Å². The Balaban J connectivity index is 2.34. The van der Waals surface area contributed by atoms with E-state index in [1.807, 2.05) is 0 Å². The fourth-order valence-corrected chi connectivity index (χ4v) is 1.79. The average Bonchev–Trinajstić information content (AvgIpc) is 2.82. The second-order valence-electron chi connectivity index (χ2n) is 4.07. The maximum atomic E-state index is 10.8. The molecule has 0 amide bonds. The van der Waals surface area contributed by atoms with Gasteiger partial charge in [0.15, 0.2) is 0 Å². The maximum Gasteiger partial charge on any atom is 0.272 e. The van der Waals surface area contributed by atoms with Crippen LogP contribution in [0.1, 0.15) is 18.4 Å². The van der Waals surface area contributed by atoms with Crippen LogP contribution >= 0.6 is 11.6 Å². The third-order valence-electron chi connectivity index (χ3n) is 2.67. The molecule has 0 unspecified atom stereocenters. The topological polar surface area (TPSA) is 69.2 Å². The van der Waals surface area contributed by atoms with Gasteiger partial charge in [0, 0.05) is 22.2 Å². The second-order valence-corrected chi connectivity index (χ2v) is 4.51. The molecule has 1 aliphatic rings. The van der Waals surface area contributed by atoms with Crippen LogP contribution in [0.15, 0.2) is 18.2 Å². The number of hydrogen-bond donors (Lipinski definition) is 1. The molecule has 1 aromatic rings. The van der Waals surface area contributed by atoms with Crippen LogP contribution in [0.25, 0.3) is 0 Å². The normalized spacial score (nSPS) is 17.5. The van der Waals surface area contributed by atoms with Crippen molar-refractivity contribution in [1.29, 1.82) is 0 Å². The molecule has 0 bridgehead atoms. The summed E-state index contributed by atoms with van der Waals surface area (Å²) >= 11 is 5.81. The van der Waals surface area contributed by atoms with Crippen molar-refractivity contribution < 1.29 is 4.92 Å². The highest BCUT2D eigenvalue weighted by Gasteiger charge is 2.39. The standard InChI is InChI=1S/C10H11ClN2O2/c11-8-1-2-9(13(14)15)7(5-8)6-10(12)3-4-10/h1-2,5H,3-4,6,12H2. The Labute approximate surface area is 92.2 Å². The first-order valence-electron chi connectivity index (χ1n) is 4.72. The molecule has 0 aromatic heterocycles. The molecular formula is C10H11ClN2O2. The summed E-state index contributed by atoms with van der Waals surface area (Å²) in [4.78, 5) is 10.4. The maximum absolute atomic E-state index is 10.8. The molecular weight excluding hydrogens is 216 g/mol. The van der Waals surface area contributed by atoms with E-state index in [9.17, 15) is 10.1 Å². The molecule has 1 aliphatic carbocycles. The predicted octanol–water partition coefficient (Wildman–Crippen LogP) is 2.28. The van der Waals surface area contributed by atoms with Gasteiger partial charge in [-0.2, -0.15) is 0 Å². The quantitative estimate of drug-likeness (QED) is 0.635. The SMILES string of the molecule is NC1(Cc2cc(Cl)ccc2[N+](=O)[O-])CC1. The van der Waals surface area contributed by atoms with E-state index in [1.54, 1.807) is 6.07 Å². The molecule has 0 spiro atoms. The van der Waals surface area contributed by atoms with Crippen LogP contribution in [0.2, 0.25) is 5.02 Å². The van der Waals surface area contributed by atoms with Gasteiger partial charge in [0.05, 0.1) is 4.92 Å². The fourth-order valence-electron chi connectivity index (χ4n) is 1.59. The summed E-state index contributed by atoms with van der Waals surface area (Å²) in [7, 11) is 0. The fraction of sp³-hybridized carbons (Fsp3) is 0.400. The summed E-state index contributed by atoms with van der Waals surface area (Å²) in [5.74, 6) is 0. The van der Waals surface area contributed by atoms with Gasteiger partial charge in [-0.1, -0.05) is 11.6 Å².